The number of piperidine rings is 1. The van der Waals surface area contributed by atoms with E-state index < -0.39 is 23.4 Å². The molecule has 0 saturated carbocycles. The van der Waals surface area contributed by atoms with Crippen molar-refractivity contribution in [2.45, 2.75) is 18.8 Å². The number of carbonyl (C=O) groups excluding carboxylic acids is 1. The van der Waals surface area contributed by atoms with Gasteiger partial charge in [-0.1, -0.05) is 18.2 Å². The van der Waals surface area contributed by atoms with Gasteiger partial charge in [-0.3, -0.25) is 0 Å². The summed E-state index contributed by atoms with van der Waals surface area (Å²) in [5.41, 5.74) is 1.52. The highest BCUT2D eigenvalue weighted by Crippen LogP contribution is 2.28. The summed E-state index contributed by atoms with van der Waals surface area (Å²) in [6.07, 6.45) is 1.49. The number of nitrogens with one attached hydrogen (secondary N) is 2. The molecule has 1 aliphatic rings. The molecule has 0 spiro atoms. The molecule has 7 heteroatoms. The molecule has 2 amide bonds. The molecule has 5 nitrogen and oxygen atoms in total. The molecule has 1 aliphatic heterocycles. The van der Waals surface area contributed by atoms with Crippen molar-refractivity contribution in [2.24, 2.45) is 0 Å². The number of hydrogen-bond acceptors (Lipinski definition) is 2. The van der Waals surface area contributed by atoms with Gasteiger partial charge in [0.25, 0.3) is 0 Å². The predicted molar refractivity (Wildman–Crippen MR) is 95.0 cm³/mol. The van der Waals surface area contributed by atoms with Crippen molar-refractivity contribution in [3.05, 3.63) is 59.9 Å². The first kappa shape index (κ1) is 16.5. The van der Waals surface area contributed by atoms with Crippen LogP contribution in [0.4, 0.5) is 19.3 Å². The van der Waals surface area contributed by atoms with Gasteiger partial charge in [0.05, 0.1) is 11.0 Å². The maximum Gasteiger partial charge on any atom is 0.322 e. The van der Waals surface area contributed by atoms with Crippen LogP contribution in [0.3, 0.4) is 0 Å². The Morgan fingerprint density at radius 1 is 1.08 bits per heavy atom. The minimum Gasteiger partial charge on any atom is -0.342 e. The zero-order valence-electron chi connectivity index (χ0n) is 14.0. The first-order valence-electron chi connectivity index (χ1n) is 8.56. The van der Waals surface area contributed by atoms with E-state index >= 15 is 0 Å². The minimum absolute atomic E-state index is 0.233. The molecule has 0 unspecified atom stereocenters. The molecule has 134 valence electrons. The number of H-pyrrole nitrogens is 1. The van der Waals surface area contributed by atoms with Gasteiger partial charge in [0.15, 0.2) is 0 Å². The lowest BCUT2D eigenvalue weighted by molar-refractivity contribution is 0.193. The normalized spacial score (nSPS) is 15.4. The number of urea groups is 1. The van der Waals surface area contributed by atoms with Gasteiger partial charge in [0, 0.05) is 19.0 Å². The number of aromatic nitrogens is 2. The van der Waals surface area contributed by atoms with Crippen molar-refractivity contribution in [3.63, 3.8) is 0 Å². The summed E-state index contributed by atoms with van der Waals surface area (Å²) in [4.78, 5) is 21.8. The second-order valence-electron chi connectivity index (χ2n) is 6.43. The third kappa shape index (κ3) is 3.12. The molecule has 3 aromatic rings. The standard InChI is InChI=1S/C19H18F2N4O/c20-13-4-3-5-14(21)17(13)24-19(26)25-10-8-12(9-11-25)18-22-15-6-1-2-7-16(15)23-18/h1-7,12H,8-11H2,(H,22,23)(H,24,26). The molecule has 0 bridgehead atoms. The predicted octanol–water partition coefficient (Wildman–Crippen LogP) is 4.25. The molecule has 1 saturated heterocycles. The average Bonchev–Trinajstić information content (AvgIpc) is 3.09. The zero-order valence-corrected chi connectivity index (χ0v) is 14.0. The fourth-order valence-corrected chi connectivity index (χ4v) is 3.33. The molecule has 0 radical (unpaired) electrons. The average molecular weight is 356 g/mol. The monoisotopic (exact) mass is 356 g/mol. The molecule has 2 heterocycles. The van der Waals surface area contributed by atoms with Crippen molar-refractivity contribution in [1.82, 2.24) is 14.9 Å². The van der Waals surface area contributed by atoms with E-state index in [0.717, 1.165) is 41.8 Å². The lowest BCUT2D eigenvalue weighted by Crippen LogP contribution is -2.41. The Labute approximate surface area is 149 Å². The summed E-state index contributed by atoms with van der Waals surface area (Å²) < 4.78 is 27.4. The number of para-hydroxylation sites is 3. The molecule has 1 fully saturated rings. The maximum atomic E-state index is 13.7. The summed E-state index contributed by atoms with van der Waals surface area (Å²) in [6, 6.07) is 10.9. The Bertz CT molecular complexity index is 894. The SMILES string of the molecule is O=C(Nc1c(F)cccc1F)N1CCC(c2nc3ccccc3[nH]2)CC1. The second-order valence-corrected chi connectivity index (χ2v) is 6.43. The molecule has 26 heavy (non-hydrogen) atoms. The van der Waals surface area contributed by atoms with Crippen LogP contribution in [0.15, 0.2) is 42.5 Å². The van der Waals surface area contributed by atoms with Crippen LogP contribution < -0.4 is 5.32 Å². The van der Waals surface area contributed by atoms with Crippen molar-refractivity contribution in [2.75, 3.05) is 18.4 Å². The van der Waals surface area contributed by atoms with E-state index in [1.165, 1.54) is 6.07 Å². The Morgan fingerprint density at radius 3 is 2.46 bits per heavy atom. The summed E-state index contributed by atoms with van der Waals surface area (Å²) in [6.45, 7) is 1.01. The highest BCUT2D eigenvalue weighted by Gasteiger charge is 2.26. The second kappa shape index (κ2) is 6.74. The van der Waals surface area contributed by atoms with Crippen LogP contribution in [-0.4, -0.2) is 34.0 Å². The van der Waals surface area contributed by atoms with Gasteiger partial charge < -0.3 is 15.2 Å². The Balaban J connectivity index is 1.40. The molecular weight excluding hydrogens is 338 g/mol. The Kier molecular flexibility index (Phi) is 4.28. The van der Waals surface area contributed by atoms with Gasteiger partial charge >= 0.3 is 6.03 Å². The van der Waals surface area contributed by atoms with E-state index in [1.54, 1.807) is 4.90 Å². The van der Waals surface area contributed by atoms with Gasteiger partial charge in [-0.05, 0) is 37.1 Å². The molecule has 0 atom stereocenters. The third-order valence-electron chi connectivity index (χ3n) is 4.77. The molecule has 1 aromatic heterocycles. The van der Waals surface area contributed by atoms with Crippen molar-refractivity contribution < 1.29 is 13.6 Å². The minimum atomic E-state index is -0.782. The van der Waals surface area contributed by atoms with Gasteiger partial charge in [0.2, 0.25) is 0 Å². The highest BCUT2D eigenvalue weighted by molar-refractivity contribution is 5.89. The number of fused-ring (bicyclic) bond motifs is 1. The first-order valence-corrected chi connectivity index (χ1v) is 8.56. The van der Waals surface area contributed by atoms with Crippen LogP contribution in [0.5, 0.6) is 0 Å². The number of imidazole rings is 1. The number of amides is 2. The van der Waals surface area contributed by atoms with Crippen molar-refractivity contribution >= 4 is 22.8 Å². The number of likely N-dealkylation sites (tertiary alicyclic amines) is 1. The van der Waals surface area contributed by atoms with E-state index in [-0.39, 0.29) is 5.92 Å². The van der Waals surface area contributed by atoms with Gasteiger partial charge in [0.1, 0.15) is 23.1 Å². The number of halogens is 2. The zero-order chi connectivity index (χ0) is 18.1. The lowest BCUT2D eigenvalue weighted by atomic mass is 9.96. The Hall–Kier alpha value is -2.96. The number of aromatic amines is 1. The van der Waals surface area contributed by atoms with Gasteiger partial charge in [-0.2, -0.15) is 0 Å². The first-order chi connectivity index (χ1) is 12.6. The number of benzene rings is 2. The fraction of sp³-hybridized carbons (Fsp3) is 0.263. The van der Waals surface area contributed by atoms with Crippen LogP contribution in [0.2, 0.25) is 0 Å². The molecule has 0 aliphatic carbocycles. The molecular formula is C19H18F2N4O. The number of hydrogen-bond donors (Lipinski definition) is 2. The van der Waals surface area contributed by atoms with Crippen LogP contribution >= 0.6 is 0 Å². The molecule has 2 N–H and O–H groups in total. The van der Waals surface area contributed by atoms with Crippen LogP contribution in [0.25, 0.3) is 11.0 Å². The van der Waals surface area contributed by atoms with E-state index in [0.29, 0.717) is 13.1 Å². The van der Waals surface area contributed by atoms with Gasteiger partial charge in [-0.15, -0.1) is 0 Å². The van der Waals surface area contributed by atoms with Crippen LogP contribution in [0, 0.1) is 11.6 Å². The number of rotatable bonds is 2. The quantitative estimate of drug-likeness (QED) is 0.721. The number of carbonyl (C=O) groups is 1. The third-order valence-corrected chi connectivity index (χ3v) is 4.77. The largest absolute Gasteiger partial charge is 0.342 e. The maximum absolute atomic E-state index is 13.7. The van der Waals surface area contributed by atoms with Crippen molar-refractivity contribution in [1.29, 1.82) is 0 Å². The van der Waals surface area contributed by atoms with Crippen molar-refractivity contribution in [3.8, 4) is 0 Å². The lowest BCUT2D eigenvalue weighted by Gasteiger charge is -2.31. The topological polar surface area (TPSA) is 61.0 Å². The van der Waals surface area contributed by atoms with Gasteiger partial charge in [-0.25, -0.2) is 18.6 Å². The van der Waals surface area contributed by atoms with Crippen LogP contribution in [0.1, 0.15) is 24.6 Å². The van der Waals surface area contributed by atoms with E-state index in [4.69, 9.17) is 0 Å². The van der Waals surface area contributed by atoms with E-state index in [1.807, 2.05) is 24.3 Å². The van der Waals surface area contributed by atoms with E-state index in [2.05, 4.69) is 15.3 Å². The summed E-state index contributed by atoms with van der Waals surface area (Å²) in [5, 5.41) is 2.34. The number of nitrogens with zero attached hydrogens (tertiary/aromatic N) is 2. The smallest absolute Gasteiger partial charge is 0.322 e. The molecule has 2 aromatic carbocycles. The highest BCUT2D eigenvalue weighted by atomic mass is 19.1. The fourth-order valence-electron chi connectivity index (χ4n) is 3.33. The van der Waals surface area contributed by atoms with Crippen LogP contribution in [-0.2, 0) is 0 Å². The summed E-state index contributed by atoms with van der Waals surface area (Å²) in [7, 11) is 0. The summed E-state index contributed by atoms with van der Waals surface area (Å²) in [5.74, 6) is -0.408. The Morgan fingerprint density at radius 2 is 1.77 bits per heavy atom. The summed E-state index contributed by atoms with van der Waals surface area (Å²) >= 11 is 0. The van der Waals surface area contributed by atoms with E-state index in [9.17, 15) is 13.6 Å². The molecule has 4 rings (SSSR count). The number of anilines is 1.